The molecule has 0 bridgehead atoms. The highest BCUT2D eigenvalue weighted by atomic mass is 32.2. The van der Waals surface area contributed by atoms with Gasteiger partial charge in [0.1, 0.15) is 17.1 Å². The molecule has 200 valence electrons. The van der Waals surface area contributed by atoms with Crippen molar-refractivity contribution in [3.63, 3.8) is 0 Å². The number of benzene rings is 1. The molecule has 0 radical (unpaired) electrons. The van der Waals surface area contributed by atoms with E-state index < -0.39 is 17.4 Å². The van der Waals surface area contributed by atoms with Gasteiger partial charge >= 0.3 is 6.09 Å². The summed E-state index contributed by atoms with van der Waals surface area (Å²) < 4.78 is 13.0. The van der Waals surface area contributed by atoms with Crippen LogP contribution in [0.25, 0.3) is 0 Å². The number of amides is 1. The minimum atomic E-state index is -1.28. The normalized spacial score (nSPS) is 11.9. The molecular formula is C28H48N2O4S. The van der Waals surface area contributed by atoms with Crippen molar-refractivity contribution in [2.45, 2.75) is 85.0 Å². The summed E-state index contributed by atoms with van der Waals surface area (Å²) in [5.74, 6) is 1.35. The van der Waals surface area contributed by atoms with Gasteiger partial charge in [-0.1, -0.05) is 38.2 Å². The first-order valence-corrected chi connectivity index (χ1v) is 12.9. The standard InChI is InChI=1S/C22H38N2O4S.C6H10/c1-17(2)16-23(29-19-12-10-18(27-8)11-13-19)14-9-15-24(22(6,7)26)20(25)28-21(3,4)5;1-4-5-6(2)3/h10-13,17,26H,9,14-16H2,1-8H3;4-5H,2H2,1,3H3/b;5-4-. The summed E-state index contributed by atoms with van der Waals surface area (Å²) in [7, 11) is 1.66. The van der Waals surface area contributed by atoms with E-state index >= 15 is 0 Å². The maximum Gasteiger partial charge on any atom is 0.412 e. The van der Waals surface area contributed by atoms with E-state index in [1.54, 1.807) is 32.9 Å². The summed E-state index contributed by atoms with van der Waals surface area (Å²) in [6.07, 6.45) is 4.17. The van der Waals surface area contributed by atoms with Crippen LogP contribution in [0.5, 0.6) is 5.75 Å². The molecule has 0 saturated heterocycles. The highest BCUT2D eigenvalue weighted by Crippen LogP contribution is 2.26. The summed E-state index contributed by atoms with van der Waals surface area (Å²) in [6, 6.07) is 7.99. The largest absolute Gasteiger partial charge is 0.497 e. The number of carbonyl (C=O) groups excluding carboxylic acids is 1. The molecule has 1 rings (SSSR count). The second kappa shape index (κ2) is 15.9. The van der Waals surface area contributed by atoms with Gasteiger partial charge in [0.05, 0.1) is 7.11 Å². The fourth-order valence-electron chi connectivity index (χ4n) is 2.96. The van der Waals surface area contributed by atoms with Gasteiger partial charge in [0.2, 0.25) is 0 Å². The molecule has 1 aromatic carbocycles. The van der Waals surface area contributed by atoms with E-state index in [9.17, 15) is 9.90 Å². The number of hydrogen-bond acceptors (Lipinski definition) is 6. The number of hydrogen-bond donors (Lipinski definition) is 1. The zero-order valence-electron chi connectivity index (χ0n) is 23.6. The Kier molecular flexibility index (Phi) is 15.0. The number of aliphatic hydroxyl groups is 1. The lowest BCUT2D eigenvalue weighted by atomic mass is 10.2. The molecule has 1 aromatic rings. The maximum absolute atomic E-state index is 12.5. The summed E-state index contributed by atoms with van der Waals surface area (Å²) >= 11 is 1.69. The third kappa shape index (κ3) is 16.4. The van der Waals surface area contributed by atoms with Gasteiger partial charge < -0.3 is 14.6 Å². The van der Waals surface area contributed by atoms with Gasteiger partial charge in [-0.25, -0.2) is 9.10 Å². The van der Waals surface area contributed by atoms with Gasteiger partial charge in [-0.3, -0.25) is 4.90 Å². The Morgan fingerprint density at radius 3 is 2.09 bits per heavy atom. The molecule has 1 N–H and O–H groups in total. The minimum Gasteiger partial charge on any atom is -0.497 e. The number of rotatable bonds is 11. The highest BCUT2D eigenvalue weighted by molar-refractivity contribution is 7.97. The zero-order chi connectivity index (χ0) is 27.2. The Hall–Kier alpha value is -1.96. The minimum absolute atomic E-state index is 0.413. The summed E-state index contributed by atoms with van der Waals surface area (Å²) in [5, 5.41) is 10.4. The van der Waals surface area contributed by atoms with Gasteiger partial charge in [-0.2, -0.15) is 0 Å². The van der Waals surface area contributed by atoms with Crippen molar-refractivity contribution in [2.75, 3.05) is 26.7 Å². The Labute approximate surface area is 218 Å². The fourth-order valence-corrected chi connectivity index (χ4v) is 4.11. The number of nitrogens with zero attached hydrogens (tertiary/aromatic N) is 2. The molecular weight excluding hydrogens is 460 g/mol. The molecule has 0 aliphatic heterocycles. The van der Waals surface area contributed by atoms with E-state index in [0.29, 0.717) is 12.5 Å². The number of allylic oxidation sites excluding steroid dienone is 3. The summed E-state index contributed by atoms with van der Waals surface area (Å²) in [5.41, 5.74) is -0.777. The smallest absolute Gasteiger partial charge is 0.412 e. The van der Waals surface area contributed by atoms with Crippen molar-refractivity contribution in [1.29, 1.82) is 0 Å². The molecule has 0 spiro atoms. The van der Waals surface area contributed by atoms with Crippen molar-refractivity contribution in [1.82, 2.24) is 9.21 Å². The third-order valence-corrected chi connectivity index (χ3v) is 5.45. The Morgan fingerprint density at radius 2 is 1.71 bits per heavy atom. The second-order valence-corrected chi connectivity index (χ2v) is 11.5. The van der Waals surface area contributed by atoms with E-state index in [2.05, 4.69) is 24.7 Å². The lowest BCUT2D eigenvalue weighted by Gasteiger charge is -2.36. The van der Waals surface area contributed by atoms with Crippen LogP contribution in [0.2, 0.25) is 0 Å². The van der Waals surface area contributed by atoms with E-state index in [1.807, 2.05) is 71.0 Å². The Morgan fingerprint density at radius 1 is 1.14 bits per heavy atom. The number of carbonyl (C=O) groups is 1. The molecule has 0 heterocycles. The van der Waals surface area contributed by atoms with Crippen LogP contribution in [-0.2, 0) is 4.74 Å². The highest BCUT2D eigenvalue weighted by Gasteiger charge is 2.32. The first kappa shape index (κ1) is 33.0. The van der Waals surface area contributed by atoms with Gasteiger partial charge in [-0.15, -0.1) is 0 Å². The molecule has 0 aliphatic rings. The average molecular weight is 509 g/mol. The quantitative estimate of drug-likeness (QED) is 0.194. The van der Waals surface area contributed by atoms with Crippen LogP contribution < -0.4 is 4.74 Å². The van der Waals surface area contributed by atoms with E-state index in [4.69, 9.17) is 9.47 Å². The van der Waals surface area contributed by atoms with Crippen LogP contribution in [-0.4, -0.2) is 58.5 Å². The number of ether oxygens (including phenoxy) is 2. The number of methoxy groups -OCH3 is 1. The van der Waals surface area contributed by atoms with Crippen molar-refractivity contribution < 1.29 is 19.4 Å². The van der Waals surface area contributed by atoms with Gasteiger partial charge in [0, 0.05) is 24.5 Å². The van der Waals surface area contributed by atoms with Crippen LogP contribution in [0.3, 0.4) is 0 Å². The lowest BCUT2D eigenvalue weighted by molar-refractivity contribution is -0.0827. The molecule has 0 unspecified atom stereocenters. The van der Waals surface area contributed by atoms with Crippen molar-refractivity contribution in [3.8, 4) is 5.75 Å². The molecule has 7 heteroatoms. The Balaban J connectivity index is 0.00000170. The van der Waals surface area contributed by atoms with Crippen LogP contribution in [0.15, 0.2) is 53.5 Å². The molecule has 0 aromatic heterocycles. The molecule has 0 aliphatic carbocycles. The lowest BCUT2D eigenvalue weighted by Crippen LogP contribution is -2.50. The first-order valence-electron chi connectivity index (χ1n) is 12.2. The first-order chi connectivity index (χ1) is 16.1. The maximum atomic E-state index is 12.5. The SMILES string of the molecule is C=C(C)/C=C\C.COc1ccc(SN(CCCN(C(=O)OC(C)(C)C)C(C)(C)O)CC(C)C)cc1. The second-order valence-electron chi connectivity index (χ2n) is 10.4. The molecule has 0 saturated carbocycles. The van der Waals surface area contributed by atoms with E-state index in [0.717, 1.165) is 35.7 Å². The van der Waals surface area contributed by atoms with Crippen molar-refractivity contribution in [3.05, 3.63) is 48.6 Å². The van der Waals surface area contributed by atoms with Gasteiger partial charge in [0.25, 0.3) is 0 Å². The van der Waals surface area contributed by atoms with Crippen LogP contribution in [0.4, 0.5) is 4.79 Å². The molecule has 35 heavy (non-hydrogen) atoms. The molecule has 0 atom stereocenters. The molecule has 6 nitrogen and oxygen atoms in total. The van der Waals surface area contributed by atoms with E-state index in [-0.39, 0.29) is 0 Å². The predicted octanol–water partition coefficient (Wildman–Crippen LogP) is 7.15. The van der Waals surface area contributed by atoms with Gasteiger partial charge in [0.15, 0.2) is 0 Å². The average Bonchev–Trinajstić information content (AvgIpc) is 2.69. The fraction of sp³-hybridized carbons (Fsp3) is 0.607. The predicted molar refractivity (Wildman–Crippen MR) is 149 cm³/mol. The van der Waals surface area contributed by atoms with Crippen molar-refractivity contribution in [2.24, 2.45) is 5.92 Å². The summed E-state index contributed by atoms with van der Waals surface area (Å²) in [6.45, 7) is 22.8. The molecule has 1 amide bonds. The van der Waals surface area contributed by atoms with Gasteiger partial charge in [-0.05, 0) is 97.0 Å². The third-order valence-electron chi connectivity index (χ3n) is 4.38. The molecule has 0 fully saturated rings. The van der Waals surface area contributed by atoms with E-state index in [1.165, 1.54) is 4.90 Å². The van der Waals surface area contributed by atoms with Crippen LogP contribution in [0, 0.1) is 5.92 Å². The Bertz CT molecular complexity index is 778. The zero-order valence-corrected chi connectivity index (χ0v) is 24.4. The van der Waals surface area contributed by atoms with Crippen molar-refractivity contribution >= 4 is 18.0 Å². The monoisotopic (exact) mass is 508 g/mol. The topological polar surface area (TPSA) is 62.2 Å². The summed E-state index contributed by atoms with van der Waals surface area (Å²) in [4.78, 5) is 15.1. The van der Waals surface area contributed by atoms with Crippen LogP contribution in [0.1, 0.15) is 68.7 Å². The van der Waals surface area contributed by atoms with Crippen LogP contribution >= 0.6 is 11.9 Å².